The van der Waals surface area contributed by atoms with E-state index in [1.54, 1.807) is 7.11 Å². The Hall–Kier alpha value is -2.36. The topological polar surface area (TPSA) is 56.5 Å². The van der Waals surface area contributed by atoms with E-state index in [0.717, 1.165) is 23.5 Å². The van der Waals surface area contributed by atoms with E-state index in [1.807, 2.05) is 42.5 Å². The van der Waals surface area contributed by atoms with Crippen LogP contribution in [0.2, 0.25) is 0 Å². The Morgan fingerprint density at radius 3 is 2.70 bits per heavy atom. The van der Waals surface area contributed by atoms with E-state index >= 15 is 0 Å². The van der Waals surface area contributed by atoms with Gasteiger partial charge in [0.25, 0.3) is 0 Å². The van der Waals surface area contributed by atoms with Crippen molar-refractivity contribution in [3.63, 3.8) is 0 Å². The van der Waals surface area contributed by atoms with Crippen LogP contribution >= 0.6 is 0 Å². The van der Waals surface area contributed by atoms with Gasteiger partial charge in [-0.2, -0.15) is 0 Å². The molecule has 0 aliphatic rings. The molecule has 0 aromatic heterocycles. The molecular weight excluding hydrogens is 252 g/mol. The van der Waals surface area contributed by atoms with Crippen molar-refractivity contribution in [3.05, 3.63) is 42.5 Å². The van der Waals surface area contributed by atoms with Crippen molar-refractivity contribution in [1.82, 2.24) is 0 Å². The summed E-state index contributed by atoms with van der Waals surface area (Å²) in [4.78, 5) is 0. The minimum atomic E-state index is 0.615. The Balaban J connectivity index is 2.20. The molecule has 2 rings (SSSR count). The number of para-hydroxylation sites is 1. The summed E-state index contributed by atoms with van der Waals surface area (Å²) in [7, 11) is 1.65. The molecule has 4 heteroatoms. The molecule has 0 amide bonds. The molecule has 4 nitrogen and oxygen atoms in total. The smallest absolute Gasteiger partial charge is 0.144 e. The first-order valence-corrected chi connectivity index (χ1v) is 6.67. The van der Waals surface area contributed by atoms with E-state index in [1.165, 1.54) is 0 Å². The summed E-state index contributed by atoms with van der Waals surface area (Å²) in [6, 6.07) is 13.4. The molecule has 0 saturated carbocycles. The number of anilines is 3. The number of hydrogen-bond acceptors (Lipinski definition) is 4. The first-order chi connectivity index (χ1) is 9.74. The van der Waals surface area contributed by atoms with Gasteiger partial charge in [0, 0.05) is 11.8 Å². The number of nitrogens with one attached hydrogen (secondary N) is 1. The summed E-state index contributed by atoms with van der Waals surface area (Å²) in [5, 5.41) is 3.28. The number of methoxy groups -OCH3 is 1. The molecule has 0 heterocycles. The molecule has 0 radical (unpaired) electrons. The van der Waals surface area contributed by atoms with E-state index in [9.17, 15) is 0 Å². The molecule has 0 aliphatic carbocycles. The quantitative estimate of drug-likeness (QED) is 0.785. The lowest BCUT2D eigenvalue weighted by atomic mass is 10.2. The standard InChI is InChI=1S/C16H20N2O2/c1-3-10-20-15-9-5-8-14(16(15)17)18-12-6-4-7-13(11-12)19-2/h4-9,11,18H,3,10,17H2,1-2H3. The molecule has 0 spiro atoms. The van der Waals surface area contributed by atoms with Gasteiger partial charge in [-0.25, -0.2) is 0 Å². The van der Waals surface area contributed by atoms with E-state index in [4.69, 9.17) is 15.2 Å². The van der Waals surface area contributed by atoms with Crippen LogP contribution in [-0.2, 0) is 0 Å². The Labute approximate surface area is 119 Å². The molecule has 0 bridgehead atoms. The molecule has 0 saturated heterocycles. The third-order valence-corrected chi connectivity index (χ3v) is 2.88. The van der Waals surface area contributed by atoms with Crippen molar-refractivity contribution >= 4 is 17.1 Å². The lowest BCUT2D eigenvalue weighted by Gasteiger charge is -2.14. The zero-order chi connectivity index (χ0) is 14.4. The highest BCUT2D eigenvalue weighted by atomic mass is 16.5. The molecular formula is C16H20N2O2. The molecule has 20 heavy (non-hydrogen) atoms. The minimum absolute atomic E-state index is 0.615. The maximum absolute atomic E-state index is 6.12. The van der Waals surface area contributed by atoms with Gasteiger partial charge in [-0.05, 0) is 30.7 Å². The summed E-state index contributed by atoms with van der Waals surface area (Å²) in [6.45, 7) is 2.72. The van der Waals surface area contributed by atoms with Crippen LogP contribution in [0.4, 0.5) is 17.1 Å². The van der Waals surface area contributed by atoms with Crippen molar-refractivity contribution in [1.29, 1.82) is 0 Å². The fourth-order valence-electron chi connectivity index (χ4n) is 1.85. The number of rotatable bonds is 6. The number of nitrogens with two attached hydrogens (primary N) is 1. The highest BCUT2D eigenvalue weighted by Gasteiger charge is 2.06. The van der Waals surface area contributed by atoms with Crippen molar-refractivity contribution < 1.29 is 9.47 Å². The summed E-state index contributed by atoms with van der Waals surface area (Å²) in [5.74, 6) is 1.51. The van der Waals surface area contributed by atoms with Crippen LogP contribution in [0.3, 0.4) is 0 Å². The zero-order valence-electron chi connectivity index (χ0n) is 11.8. The van der Waals surface area contributed by atoms with Gasteiger partial charge in [0.15, 0.2) is 0 Å². The molecule has 106 valence electrons. The zero-order valence-corrected chi connectivity index (χ0v) is 11.8. The molecule has 3 N–H and O–H groups in total. The van der Waals surface area contributed by atoms with E-state index < -0.39 is 0 Å². The third kappa shape index (κ3) is 3.35. The predicted molar refractivity (Wildman–Crippen MR) is 82.9 cm³/mol. The van der Waals surface area contributed by atoms with Gasteiger partial charge in [-0.3, -0.25) is 0 Å². The minimum Gasteiger partial charge on any atom is -0.497 e. The Morgan fingerprint density at radius 2 is 1.95 bits per heavy atom. The van der Waals surface area contributed by atoms with Crippen LogP contribution in [0, 0.1) is 0 Å². The van der Waals surface area contributed by atoms with Gasteiger partial charge in [-0.1, -0.05) is 19.1 Å². The Bertz CT molecular complexity index is 570. The Kier molecular flexibility index (Phi) is 4.71. The van der Waals surface area contributed by atoms with Crippen LogP contribution in [0.1, 0.15) is 13.3 Å². The SMILES string of the molecule is CCCOc1cccc(Nc2cccc(OC)c2)c1N. The molecule has 0 fully saturated rings. The largest absolute Gasteiger partial charge is 0.497 e. The van der Waals surface area contributed by atoms with Gasteiger partial charge in [0.1, 0.15) is 11.5 Å². The lowest BCUT2D eigenvalue weighted by Crippen LogP contribution is -2.02. The van der Waals surface area contributed by atoms with Crippen LogP contribution in [-0.4, -0.2) is 13.7 Å². The molecule has 0 atom stereocenters. The van der Waals surface area contributed by atoms with Crippen LogP contribution in [0.5, 0.6) is 11.5 Å². The van der Waals surface area contributed by atoms with Crippen LogP contribution in [0.25, 0.3) is 0 Å². The molecule has 2 aromatic carbocycles. The second kappa shape index (κ2) is 6.70. The molecule has 0 aliphatic heterocycles. The first-order valence-electron chi connectivity index (χ1n) is 6.67. The van der Waals surface area contributed by atoms with Crippen molar-refractivity contribution in [2.75, 3.05) is 24.8 Å². The van der Waals surface area contributed by atoms with Crippen molar-refractivity contribution in [2.45, 2.75) is 13.3 Å². The molecule has 0 unspecified atom stereocenters. The highest BCUT2D eigenvalue weighted by Crippen LogP contribution is 2.32. The fourth-order valence-corrected chi connectivity index (χ4v) is 1.85. The number of hydrogen-bond donors (Lipinski definition) is 2. The number of ether oxygens (including phenoxy) is 2. The maximum Gasteiger partial charge on any atom is 0.144 e. The third-order valence-electron chi connectivity index (χ3n) is 2.88. The molecule has 2 aromatic rings. The van der Waals surface area contributed by atoms with Crippen molar-refractivity contribution in [2.24, 2.45) is 0 Å². The second-order valence-corrected chi connectivity index (χ2v) is 4.42. The summed E-state index contributed by atoms with van der Waals surface area (Å²) in [6.07, 6.45) is 0.951. The van der Waals surface area contributed by atoms with Crippen LogP contribution < -0.4 is 20.5 Å². The summed E-state index contributed by atoms with van der Waals surface area (Å²) >= 11 is 0. The normalized spacial score (nSPS) is 10.1. The second-order valence-electron chi connectivity index (χ2n) is 4.42. The highest BCUT2D eigenvalue weighted by molar-refractivity contribution is 5.77. The fraction of sp³-hybridized carbons (Fsp3) is 0.250. The lowest BCUT2D eigenvalue weighted by molar-refractivity contribution is 0.319. The van der Waals surface area contributed by atoms with Gasteiger partial charge >= 0.3 is 0 Å². The number of benzene rings is 2. The summed E-state index contributed by atoms with van der Waals surface area (Å²) in [5.41, 5.74) is 8.48. The van der Waals surface area contributed by atoms with E-state index in [2.05, 4.69) is 12.2 Å². The van der Waals surface area contributed by atoms with E-state index in [-0.39, 0.29) is 0 Å². The van der Waals surface area contributed by atoms with Gasteiger partial charge in [0.2, 0.25) is 0 Å². The van der Waals surface area contributed by atoms with E-state index in [0.29, 0.717) is 18.0 Å². The Morgan fingerprint density at radius 1 is 1.15 bits per heavy atom. The van der Waals surface area contributed by atoms with Gasteiger partial charge < -0.3 is 20.5 Å². The van der Waals surface area contributed by atoms with Gasteiger partial charge in [0.05, 0.1) is 25.1 Å². The monoisotopic (exact) mass is 272 g/mol. The van der Waals surface area contributed by atoms with Crippen LogP contribution in [0.15, 0.2) is 42.5 Å². The predicted octanol–water partition coefficient (Wildman–Crippen LogP) is 3.81. The van der Waals surface area contributed by atoms with Crippen molar-refractivity contribution in [3.8, 4) is 11.5 Å². The first kappa shape index (κ1) is 14.1. The average molecular weight is 272 g/mol. The number of nitrogen functional groups attached to an aromatic ring is 1. The van der Waals surface area contributed by atoms with Gasteiger partial charge in [-0.15, -0.1) is 0 Å². The average Bonchev–Trinajstić information content (AvgIpc) is 2.48. The summed E-state index contributed by atoms with van der Waals surface area (Å²) < 4.78 is 10.8. The maximum atomic E-state index is 6.12.